The van der Waals surface area contributed by atoms with E-state index in [2.05, 4.69) is 0 Å². The molecule has 1 aromatic rings. The SMILES string of the molecule is CN1C(=O)CN(CCC#N)c2cc(C(=O)O)ccc21. The van der Waals surface area contributed by atoms with Gasteiger partial charge in [-0.2, -0.15) is 5.26 Å². The Bertz CT molecular complexity index is 577. The second kappa shape index (κ2) is 4.98. The maximum Gasteiger partial charge on any atom is 0.335 e. The van der Waals surface area contributed by atoms with Crippen LogP contribution in [0.2, 0.25) is 0 Å². The minimum Gasteiger partial charge on any atom is -0.478 e. The van der Waals surface area contributed by atoms with Crippen LogP contribution in [0, 0.1) is 11.3 Å². The summed E-state index contributed by atoms with van der Waals surface area (Å²) in [7, 11) is 1.66. The van der Waals surface area contributed by atoms with Gasteiger partial charge in [-0.05, 0) is 18.2 Å². The van der Waals surface area contributed by atoms with Gasteiger partial charge in [0.05, 0.1) is 36.0 Å². The van der Waals surface area contributed by atoms with E-state index >= 15 is 0 Å². The first-order valence-corrected chi connectivity index (χ1v) is 5.80. The molecule has 19 heavy (non-hydrogen) atoms. The van der Waals surface area contributed by atoms with Gasteiger partial charge in [0.25, 0.3) is 0 Å². The molecular weight excluding hydrogens is 246 g/mol. The molecule has 0 radical (unpaired) electrons. The summed E-state index contributed by atoms with van der Waals surface area (Å²) in [5.41, 5.74) is 1.51. The van der Waals surface area contributed by atoms with Crippen LogP contribution >= 0.6 is 0 Å². The Labute approximate surface area is 110 Å². The molecular formula is C13H13N3O3. The standard InChI is InChI=1S/C13H13N3O3/c1-15-10-4-3-9(13(18)19)7-11(10)16(6-2-5-14)8-12(15)17/h3-4,7H,2,6,8H2,1H3,(H,18,19). The fraction of sp³-hybridized carbons (Fsp3) is 0.308. The summed E-state index contributed by atoms with van der Waals surface area (Å²) in [5, 5.41) is 17.7. The number of carboxylic acid groups (broad SMARTS) is 1. The van der Waals surface area contributed by atoms with Crippen LogP contribution in [0.1, 0.15) is 16.8 Å². The highest BCUT2D eigenvalue weighted by Crippen LogP contribution is 2.33. The third-order valence-corrected chi connectivity index (χ3v) is 3.12. The smallest absolute Gasteiger partial charge is 0.335 e. The van der Waals surface area contributed by atoms with Crippen molar-refractivity contribution >= 4 is 23.3 Å². The third-order valence-electron chi connectivity index (χ3n) is 3.12. The number of hydrogen-bond acceptors (Lipinski definition) is 4. The molecule has 0 aliphatic carbocycles. The second-order valence-electron chi connectivity index (χ2n) is 4.29. The molecule has 0 bridgehead atoms. The van der Waals surface area contributed by atoms with Gasteiger partial charge >= 0.3 is 5.97 Å². The molecule has 0 atom stereocenters. The zero-order valence-corrected chi connectivity index (χ0v) is 10.5. The zero-order chi connectivity index (χ0) is 14.0. The first-order valence-electron chi connectivity index (χ1n) is 5.80. The number of aromatic carboxylic acids is 1. The highest BCUT2D eigenvalue weighted by atomic mass is 16.4. The van der Waals surface area contributed by atoms with Crippen molar-refractivity contribution in [2.24, 2.45) is 0 Å². The molecule has 0 saturated heterocycles. The number of carbonyl (C=O) groups excluding carboxylic acids is 1. The molecule has 2 rings (SSSR count). The number of rotatable bonds is 3. The lowest BCUT2D eigenvalue weighted by molar-refractivity contribution is -0.117. The van der Waals surface area contributed by atoms with E-state index in [0.29, 0.717) is 17.9 Å². The van der Waals surface area contributed by atoms with Crippen LogP contribution in [0.4, 0.5) is 11.4 Å². The van der Waals surface area contributed by atoms with Crippen LogP contribution in [0.5, 0.6) is 0 Å². The van der Waals surface area contributed by atoms with Crippen molar-refractivity contribution in [2.45, 2.75) is 6.42 Å². The third kappa shape index (κ3) is 2.36. The fourth-order valence-electron chi connectivity index (χ4n) is 2.07. The Hall–Kier alpha value is -2.55. The summed E-state index contributed by atoms with van der Waals surface area (Å²) in [6, 6.07) is 6.66. The van der Waals surface area contributed by atoms with E-state index in [1.807, 2.05) is 6.07 Å². The van der Waals surface area contributed by atoms with Gasteiger partial charge in [-0.1, -0.05) is 0 Å². The molecule has 6 heteroatoms. The number of fused-ring (bicyclic) bond motifs is 1. The van der Waals surface area contributed by atoms with Crippen molar-refractivity contribution < 1.29 is 14.7 Å². The van der Waals surface area contributed by atoms with E-state index in [1.165, 1.54) is 17.0 Å². The minimum atomic E-state index is -1.01. The Morgan fingerprint density at radius 2 is 2.21 bits per heavy atom. The van der Waals surface area contributed by atoms with E-state index < -0.39 is 5.97 Å². The van der Waals surface area contributed by atoms with Gasteiger partial charge in [-0.15, -0.1) is 0 Å². The number of likely N-dealkylation sites (N-methyl/N-ethyl adjacent to an activating group) is 1. The van der Waals surface area contributed by atoms with Crippen LogP contribution < -0.4 is 9.80 Å². The molecule has 1 amide bonds. The van der Waals surface area contributed by atoms with Crippen molar-refractivity contribution in [3.8, 4) is 6.07 Å². The molecule has 0 aromatic heterocycles. The van der Waals surface area contributed by atoms with Crippen molar-refractivity contribution in [3.63, 3.8) is 0 Å². The quantitative estimate of drug-likeness (QED) is 0.878. The summed E-state index contributed by atoms with van der Waals surface area (Å²) < 4.78 is 0. The molecule has 6 nitrogen and oxygen atoms in total. The number of nitriles is 1. The average Bonchev–Trinajstić information content (AvgIpc) is 2.40. The van der Waals surface area contributed by atoms with Crippen LogP contribution in [0.15, 0.2) is 18.2 Å². The van der Waals surface area contributed by atoms with Gasteiger partial charge in [-0.3, -0.25) is 4.79 Å². The second-order valence-corrected chi connectivity index (χ2v) is 4.29. The first kappa shape index (κ1) is 12.9. The largest absolute Gasteiger partial charge is 0.478 e. The molecule has 0 spiro atoms. The van der Waals surface area contributed by atoms with E-state index in [1.54, 1.807) is 18.0 Å². The Balaban J connectivity index is 2.45. The predicted molar refractivity (Wildman–Crippen MR) is 69.3 cm³/mol. The molecule has 1 heterocycles. The molecule has 1 aromatic carbocycles. The first-order chi connectivity index (χ1) is 9.04. The highest BCUT2D eigenvalue weighted by Gasteiger charge is 2.27. The lowest BCUT2D eigenvalue weighted by Crippen LogP contribution is -2.44. The summed E-state index contributed by atoms with van der Waals surface area (Å²) >= 11 is 0. The number of nitrogens with zero attached hydrogens (tertiary/aromatic N) is 3. The number of carbonyl (C=O) groups is 2. The maximum atomic E-state index is 11.8. The van der Waals surface area contributed by atoms with Gasteiger partial charge in [-0.25, -0.2) is 4.79 Å². The van der Waals surface area contributed by atoms with Crippen LogP contribution in [0.3, 0.4) is 0 Å². The Morgan fingerprint density at radius 3 is 2.84 bits per heavy atom. The van der Waals surface area contributed by atoms with Crippen LogP contribution in [-0.4, -0.2) is 37.1 Å². The number of carboxylic acids is 1. The number of benzene rings is 1. The summed E-state index contributed by atoms with van der Waals surface area (Å²) in [5.74, 6) is -1.09. The van der Waals surface area contributed by atoms with Gasteiger partial charge < -0.3 is 14.9 Å². The van der Waals surface area contributed by atoms with Gasteiger partial charge in [0.15, 0.2) is 0 Å². The number of anilines is 2. The van der Waals surface area contributed by atoms with E-state index in [9.17, 15) is 9.59 Å². The van der Waals surface area contributed by atoms with Crippen molar-refractivity contribution in [3.05, 3.63) is 23.8 Å². The number of amides is 1. The van der Waals surface area contributed by atoms with Gasteiger partial charge in [0.2, 0.25) is 5.91 Å². The summed E-state index contributed by atoms with van der Waals surface area (Å²) in [6.07, 6.45) is 0.285. The molecule has 0 unspecified atom stereocenters. The average molecular weight is 259 g/mol. The highest BCUT2D eigenvalue weighted by molar-refractivity contribution is 6.04. The van der Waals surface area contributed by atoms with Crippen molar-refractivity contribution in [1.29, 1.82) is 5.26 Å². The minimum absolute atomic E-state index is 0.0754. The topological polar surface area (TPSA) is 84.6 Å². The molecule has 1 aliphatic heterocycles. The molecule has 98 valence electrons. The van der Waals surface area contributed by atoms with Crippen LogP contribution in [0.25, 0.3) is 0 Å². The molecule has 1 N–H and O–H groups in total. The lowest BCUT2D eigenvalue weighted by atomic mass is 10.1. The number of hydrogen-bond donors (Lipinski definition) is 1. The van der Waals surface area contributed by atoms with Crippen molar-refractivity contribution in [2.75, 3.05) is 29.9 Å². The van der Waals surface area contributed by atoms with Gasteiger partial charge in [0.1, 0.15) is 0 Å². The van der Waals surface area contributed by atoms with Crippen LogP contribution in [-0.2, 0) is 4.79 Å². The van der Waals surface area contributed by atoms with Gasteiger partial charge in [0, 0.05) is 13.6 Å². The monoisotopic (exact) mass is 259 g/mol. The Morgan fingerprint density at radius 1 is 1.47 bits per heavy atom. The fourth-order valence-corrected chi connectivity index (χ4v) is 2.07. The van der Waals surface area contributed by atoms with E-state index in [0.717, 1.165) is 0 Å². The maximum absolute atomic E-state index is 11.8. The van der Waals surface area contributed by atoms with Crippen molar-refractivity contribution in [1.82, 2.24) is 0 Å². The molecule has 1 aliphatic rings. The van der Waals surface area contributed by atoms with E-state index in [-0.39, 0.29) is 24.4 Å². The van der Waals surface area contributed by atoms with E-state index in [4.69, 9.17) is 10.4 Å². The zero-order valence-electron chi connectivity index (χ0n) is 10.5. The lowest BCUT2D eigenvalue weighted by Gasteiger charge is -2.35. The Kier molecular flexibility index (Phi) is 3.38. The summed E-state index contributed by atoms with van der Waals surface area (Å²) in [4.78, 5) is 26.1. The molecule has 0 fully saturated rings. The normalized spacial score (nSPS) is 14.0. The predicted octanol–water partition coefficient (Wildman–Crippen LogP) is 1.08. The summed E-state index contributed by atoms with van der Waals surface area (Å²) in [6.45, 7) is 0.570. The molecule has 0 saturated carbocycles.